The fourth-order valence-corrected chi connectivity index (χ4v) is 1.86. The van der Waals surface area contributed by atoms with E-state index in [1.54, 1.807) is 13.8 Å². The third-order valence-electron chi connectivity index (χ3n) is 2.91. The van der Waals surface area contributed by atoms with E-state index in [2.05, 4.69) is 0 Å². The molecule has 1 aromatic carbocycles. The van der Waals surface area contributed by atoms with Crippen LogP contribution in [0, 0.1) is 22.7 Å². The first kappa shape index (κ1) is 25.4. The molecule has 6 nitrogen and oxygen atoms in total. The van der Waals surface area contributed by atoms with Crippen LogP contribution in [0.5, 0.6) is 0 Å². The lowest BCUT2D eigenvalue weighted by atomic mass is 9.95. The molecule has 26 heavy (non-hydrogen) atoms. The largest absolute Gasteiger partial charge is 0.465 e. The van der Waals surface area contributed by atoms with Crippen LogP contribution in [0.2, 0.25) is 0 Å². The van der Waals surface area contributed by atoms with Gasteiger partial charge in [-0.2, -0.15) is 10.5 Å². The fraction of sp³-hybridized carbons (Fsp3) is 0.500. The van der Waals surface area contributed by atoms with E-state index < -0.39 is 23.8 Å². The van der Waals surface area contributed by atoms with Crippen LogP contribution in [-0.2, 0) is 19.1 Å². The van der Waals surface area contributed by atoms with Gasteiger partial charge in [-0.1, -0.05) is 52.0 Å². The molecule has 0 bridgehead atoms. The smallest absolute Gasteiger partial charge is 0.327 e. The maximum absolute atomic E-state index is 11.7. The lowest BCUT2D eigenvalue weighted by molar-refractivity contribution is -0.144. The second-order valence-electron chi connectivity index (χ2n) is 4.29. The van der Waals surface area contributed by atoms with Crippen LogP contribution in [0.1, 0.15) is 64.5 Å². The van der Waals surface area contributed by atoms with Gasteiger partial charge < -0.3 is 9.47 Å². The second-order valence-corrected chi connectivity index (χ2v) is 4.29. The molecule has 0 radical (unpaired) electrons. The summed E-state index contributed by atoms with van der Waals surface area (Å²) in [7, 11) is 0. The third-order valence-corrected chi connectivity index (χ3v) is 2.91. The minimum atomic E-state index is -1.03. The van der Waals surface area contributed by atoms with Gasteiger partial charge >= 0.3 is 11.9 Å². The van der Waals surface area contributed by atoms with Crippen molar-refractivity contribution in [3.05, 3.63) is 35.4 Å². The first-order valence-corrected chi connectivity index (χ1v) is 8.81. The van der Waals surface area contributed by atoms with Crippen molar-refractivity contribution < 1.29 is 19.1 Å². The number of rotatable bonds is 6. The van der Waals surface area contributed by atoms with E-state index in [0.29, 0.717) is 11.1 Å². The molecule has 0 heterocycles. The second kappa shape index (κ2) is 15.7. The van der Waals surface area contributed by atoms with Gasteiger partial charge in [-0.15, -0.1) is 0 Å². The topological polar surface area (TPSA) is 100 Å². The number of nitrogens with zero attached hydrogens (tertiary/aromatic N) is 2. The summed E-state index contributed by atoms with van der Waals surface area (Å²) in [5, 5.41) is 18.2. The predicted molar refractivity (Wildman–Crippen MR) is 99.1 cm³/mol. The Kier molecular flexibility index (Phi) is 15.3. The molecule has 0 saturated carbocycles. The van der Waals surface area contributed by atoms with Gasteiger partial charge in [-0.3, -0.25) is 9.59 Å². The van der Waals surface area contributed by atoms with E-state index in [1.807, 2.05) is 39.8 Å². The van der Waals surface area contributed by atoms with E-state index in [-0.39, 0.29) is 13.2 Å². The summed E-state index contributed by atoms with van der Waals surface area (Å²) in [5.74, 6) is -3.31. The number of esters is 2. The number of hydrogen-bond acceptors (Lipinski definition) is 6. The molecular formula is C20H28N2O4. The molecule has 2 atom stereocenters. The van der Waals surface area contributed by atoms with Crippen molar-refractivity contribution in [2.24, 2.45) is 0 Å². The third kappa shape index (κ3) is 7.81. The summed E-state index contributed by atoms with van der Waals surface area (Å²) < 4.78 is 9.66. The fourth-order valence-electron chi connectivity index (χ4n) is 1.86. The van der Waals surface area contributed by atoms with Crippen LogP contribution < -0.4 is 0 Å². The van der Waals surface area contributed by atoms with Crippen molar-refractivity contribution in [1.29, 1.82) is 10.5 Å². The van der Waals surface area contributed by atoms with Gasteiger partial charge in [-0.25, -0.2) is 0 Å². The highest BCUT2D eigenvalue weighted by molar-refractivity contribution is 5.82. The van der Waals surface area contributed by atoms with Gasteiger partial charge in [-0.05, 0) is 25.0 Å². The Balaban J connectivity index is 0. The summed E-state index contributed by atoms with van der Waals surface area (Å²) in [5.41, 5.74) is 0.899. The number of benzene rings is 1. The van der Waals surface area contributed by atoms with Crippen molar-refractivity contribution in [1.82, 2.24) is 0 Å². The Labute approximate surface area is 156 Å². The molecule has 6 heteroatoms. The van der Waals surface area contributed by atoms with Gasteiger partial charge in [0.1, 0.15) is 0 Å². The summed E-state index contributed by atoms with van der Waals surface area (Å²) in [6.45, 7) is 11.7. The Bertz CT molecular complexity index is 557. The van der Waals surface area contributed by atoms with Crippen molar-refractivity contribution in [2.45, 2.75) is 53.4 Å². The maximum Gasteiger partial charge on any atom is 0.327 e. The number of nitriles is 2. The highest BCUT2D eigenvalue weighted by atomic mass is 16.5. The molecule has 0 fully saturated rings. The highest BCUT2D eigenvalue weighted by Crippen LogP contribution is 2.22. The SMILES string of the molecule is CC.CC.CCOC(=O)C(C#N)c1ccc(C(C#N)C(=O)OCC)cc1. The molecule has 0 N–H and O–H groups in total. The van der Waals surface area contributed by atoms with Crippen LogP contribution in [0.4, 0.5) is 0 Å². The zero-order chi connectivity index (χ0) is 20.5. The van der Waals surface area contributed by atoms with E-state index >= 15 is 0 Å². The molecule has 1 aromatic rings. The zero-order valence-electron chi connectivity index (χ0n) is 16.4. The molecule has 0 amide bonds. The minimum Gasteiger partial charge on any atom is -0.465 e. The standard InChI is InChI=1S/C16H16N2O4.2C2H6/c1-3-21-15(19)13(9-17)11-5-7-12(8-6-11)14(10-18)16(20)22-4-2;2*1-2/h5-8,13-14H,3-4H2,1-2H3;2*1-2H3. The van der Waals surface area contributed by atoms with Crippen LogP contribution in [0.25, 0.3) is 0 Å². The molecule has 0 saturated heterocycles. The minimum absolute atomic E-state index is 0.189. The summed E-state index contributed by atoms with van der Waals surface area (Å²) >= 11 is 0. The average Bonchev–Trinajstić information content (AvgIpc) is 2.68. The molecule has 0 spiro atoms. The monoisotopic (exact) mass is 360 g/mol. The molecule has 1 rings (SSSR count). The molecule has 2 unspecified atom stereocenters. The van der Waals surface area contributed by atoms with Crippen molar-refractivity contribution in [3.63, 3.8) is 0 Å². The van der Waals surface area contributed by atoms with Crippen molar-refractivity contribution >= 4 is 11.9 Å². The number of carbonyl (C=O) groups excluding carboxylic acids is 2. The Morgan fingerprint density at radius 3 is 1.27 bits per heavy atom. The van der Waals surface area contributed by atoms with Crippen molar-refractivity contribution in [2.75, 3.05) is 13.2 Å². The Hall–Kier alpha value is -2.86. The lowest BCUT2D eigenvalue weighted by Gasteiger charge is -2.11. The number of ether oxygens (including phenoxy) is 2. The summed E-state index contributed by atoms with van der Waals surface area (Å²) in [6, 6.07) is 9.88. The predicted octanol–water partition coefficient (Wildman–Crippen LogP) is 4.08. The van der Waals surface area contributed by atoms with Gasteiger partial charge in [0.15, 0.2) is 11.8 Å². The zero-order valence-corrected chi connectivity index (χ0v) is 16.4. The van der Waals surface area contributed by atoms with E-state index in [1.165, 1.54) is 24.3 Å². The van der Waals surface area contributed by atoms with Crippen LogP contribution >= 0.6 is 0 Å². The quantitative estimate of drug-likeness (QED) is 0.709. The van der Waals surface area contributed by atoms with Crippen molar-refractivity contribution in [3.8, 4) is 12.1 Å². The normalized spacial score (nSPS) is 10.9. The lowest BCUT2D eigenvalue weighted by Crippen LogP contribution is -2.16. The maximum atomic E-state index is 11.7. The van der Waals surface area contributed by atoms with Gasteiger partial charge in [0.25, 0.3) is 0 Å². The molecule has 142 valence electrons. The summed E-state index contributed by atoms with van der Waals surface area (Å²) in [4.78, 5) is 23.3. The van der Waals surface area contributed by atoms with Crippen LogP contribution in [0.15, 0.2) is 24.3 Å². The highest BCUT2D eigenvalue weighted by Gasteiger charge is 2.24. The Morgan fingerprint density at radius 2 is 1.08 bits per heavy atom. The van der Waals surface area contributed by atoms with Crippen LogP contribution in [0.3, 0.4) is 0 Å². The average molecular weight is 360 g/mol. The first-order valence-electron chi connectivity index (χ1n) is 8.81. The first-order chi connectivity index (χ1) is 12.6. The van der Waals surface area contributed by atoms with Gasteiger partial charge in [0.2, 0.25) is 0 Å². The molecular weight excluding hydrogens is 332 g/mol. The molecule has 0 aromatic heterocycles. The summed E-state index contributed by atoms with van der Waals surface area (Å²) in [6.07, 6.45) is 0. The number of hydrogen-bond donors (Lipinski definition) is 0. The Morgan fingerprint density at radius 1 is 0.808 bits per heavy atom. The van der Waals surface area contributed by atoms with E-state index in [0.717, 1.165) is 0 Å². The van der Waals surface area contributed by atoms with Gasteiger partial charge in [0, 0.05) is 0 Å². The van der Waals surface area contributed by atoms with Crippen LogP contribution in [-0.4, -0.2) is 25.2 Å². The molecule has 0 aliphatic carbocycles. The molecule has 0 aliphatic rings. The van der Waals surface area contributed by atoms with E-state index in [9.17, 15) is 9.59 Å². The molecule has 0 aliphatic heterocycles. The van der Waals surface area contributed by atoms with Gasteiger partial charge in [0.05, 0.1) is 25.4 Å². The van der Waals surface area contributed by atoms with E-state index in [4.69, 9.17) is 20.0 Å². The number of carbonyl (C=O) groups is 2.